The second-order valence-electron chi connectivity index (χ2n) is 2.87. The number of ether oxygens (including phenoxy) is 1. The van der Waals surface area contributed by atoms with Crippen LogP contribution in [0.25, 0.3) is 0 Å². The Morgan fingerprint density at radius 3 is 2.30 bits per heavy atom. The van der Waals surface area contributed by atoms with Gasteiger partial charge >= 0.3 is 0 Å². The van der Waals surface area contributed by atoms with Crippen molar-refractivity contribution in [2.75, 3.05) is 6.61 Å². The van der Waals surface area contributed by atoms with Gasteiger partial charge in [0.25, 0.3) is 0 Å². The zero-order valence-corrected chi connectivity index (χ0v) is 6.79. The van der Waals surface area contributed by atoms with E-state index < -0.39 is 6.29 Å². The Morgan fingerprint density at radius 2 is 2.00 bits per heavy atom. The molecule has 0 heterocycles. The molecule has 0 saturated carbocycles. The van der Waals surface area contributed by atoms with Crippen molar-refractivity contribution in [3.63, 3.8) is 0 Å². The minimum absolute atomic E-state index is 0.344. The van der Waals surface area contributed by atoms with Crippen molar-refractivity contribution in [3.8, 4) is 0 Å². The summed E-state index contributed by atoms with van der Waals surface area (Å²) < 4.78 is 5.04. The molecule has 0 aromatic heterocycles. The Kier molecular flexibility index (Phi) is 3.86. The Labute approximate surface area is 61.6 Å². The number of hydrogen-bond donors (Lipinski definition) is 2. The van der Waals surface area contributed by atoms with Gasteiger partial charge in [-0.3, -0.25) is 0 Å². The molecule has 0 aliphatic carbocycles. The van der Waals surface area contributed by atoms with Crippen molar-refractivity contribution < 1.29 is 14.9 Å². The predicted molar refractivity (Wildman–Crippen MR) is 38.5 cm³/mol. The summed E-state index contributed by atoms with van der Waals surface area (Å²) in [6.07, 6.45) is -0.237. The van der Waals surface area contributed by atoms with E-state index in [0.29, 0.717) is 0 Å². The first kappa shape index (κ1) is 9.88. The van der Waals surface area contributed by atoms with Gasteiger partial charge in [-0.2, -0.15) is 0 Å². The molecule has 3 heteroatoms. The monoisotopic (exact) mass is 148 g/mol. The molecule has 10 heavy (non-hydrogen) atoms. The van der Waals surface area contributed by atoms with Crippen molar-refractivity contribution >= 4 is 0 Å². The number of rotatable bonds is 4. The molecule has 0 fully saturated rings. The van der Waals surface area contributed by atoms with E-state index in [1.54, 1.807) is 0 Å². The Bertz CT molecular complexity index is 90.9. The summed E-state index contributed by atoms with van der Waals surface area (Å²) in [6, 6.07) is 0. The molecule has 0 rings (SSSR count). The molecule has 3 nitrogen and oxygen atoms in total. The normalized spacial score (nSPS) is 15.3. The van der Waals surface area contributed by atoms with Gasteiger partial charge in [-0.15, -0.1) is 0 Å². The summed E-state index contributed by atoms with van der Waals surface area (Å²) in [4.78, 5) is 0. The SMILES string of the molecule is CCC(C)(C)OC(O)CO. The Hall–Kier alpha value is -0.120. The van der Waals surface area contributed by atoms with Crippen LogP contribution in [0.4, 0.5) is 0 Å². The Morgan fingerprint density at radius 1 is 1.50 bits per heavy atom. The average Bonchev–Trinajstić information content (AvgIpc) is 1.87. The molecule has 0 aromatic rings. The topological polar surface area (TPSA) is 49.7 Å². The molecule has 0 aliphatic heterocycles. The van der Waals surface area contributed by atoms with Gasteiger partial charge in [0.2, 0.25) is 0 Å². The molecular formula is C7H16O3. The summed E-state index contributed by atoms with van der Waals surface area (Å²) in [5.74, 6) is 0. The van der Waals surface area contributed by atoms with Gasteiger partial charge in [-0.1, -0.05) is 6.92 Å². The van der Waals surface area contributed by atoms with E-state index in [1.807, 2.05) is 20.8 Å². The third-order valence-corrected chi connectivity index (χ3v) is 1.46. The molecular weight excluding hydrogens is 132 g/mol. The van der Waals surface area contributed by atoms with E-state index in [-0.39, 0.29) is 12.2 Å². The van der Waals surface area contributed by atoms with Crippen LogP contribution in [0.15, 0.2) is 0 Å². The lowest BCUT2D eigenvalue weighted by molar-refractivity contribution is -0.189. The van der Waals surface area contributed by atoms with E-state index in [1.165, 1.54) is 0 Å². The summed E-state index contributed by atoms with van der Waals surface area (Å²) in [5, 5.41) is 17.3. The van der Waals surface area contributed by atoms with Crippen LogP contribution >= 0.6 is 0 Å². The predicted octanol–water partition coefficient (Wildman–Crippen LogP) is 0.502. The van der Waals surface area contributed by atoms with Crippen LogP contribution < -0.4 is 0 Å². The standard InChI is InChI=1S/C7H16O3/c1-4-7(2,3)10-6(9)5-8/h6,8-9H,4-5H2,1-3H3. The Balaban J connectivity index is 3.64. The minimum atomic E-state index is -1.05. The van der Waals surface area contributed by atoms with Crippen LogP contribution in [0, 0.1) is 0 Å². The quantitative estimate of drug-likeness (QED) is 0.571. The lowest BCUT2D eigenvalue weighted by Gasteiger charge is -2.25. The molecule has 0 bridgehead atoms. The largest absolute Gasteiger partial charge is 0.391 e. The summed E-state index contributed by atoms with van der Waals surface area (Å²) in [5.41, 5.74) is -0.345. The number of aliphatic hydroxyl groups excluding tert-OH is 2. The van der Waals surface area contributed by atoms with E-state index in [2.05, 4.69) is 0 Å². The second kappa shape index (κ2) is 3.91. The molecule has 0 spiro atoms. The van der Waals surface area contributed by atoms with Gasteiger partial charge in [-0.25, -0.2) is 0 Å². The van der Waals surface area contributed by atoms with Gasteiger partial charge < -0.3 is 14.9 Å². The van der Waals surface area contributed by atoms with Gasteiger partial charge in [-0.05, 0) is 20.3 Å². The van der Waals surface area contributed by atoms with Crippen LogP contribution in [0.1, 0.15) is 27.2 Å². The van der Waals surface area contributed by atoms with Crippen LogP contribution in [0.3, 0.4) is 0 Å². The zero-order valence-electron chi connectivity index (χ0n) is 6.79. The van der Waals surface area contributed by atoms with E-state index in [4.69, 9.17) is 14.9 Å². The van der Waals surface area contributed by atoms with Crippen molar-refractivity contribution in [2.45, 2.75) is 39.1 Å². The summed E-state index contributed by atoms with van der Waals surface area (Å²) >= 11 is 0. The van der Waals surface area contributed by atoms with Gasteiger partial charge in [0, 0.05) is 0 Å². The average molecular weight is 148 g/mol. The highest BCUT2D eigenvalue weighted by atomic mass is 16.6. The maximum atomic E-state index is 8.85. The molecule has 1 atom stereocenters. The van der Waals surface area contributed by atoms with Crippen LogP contribution in [-0.2, 0) is 4.74 Å². The first-order valence-corrected chi connectivity index (χ1v) is 3.48. The van der Waals surface area contributed by atoms with Crippen molar-refractivity contribution in [3.05, 3.63) is 0 Å². The van der Waals surface area contributed by atoms with E-state index in [9.17, 15) is 0 Å². The van der Waals surface area contributed by atoms with Gasteiger partial charge in [0.1, 0.15) is 0 Å². The smallest absolute Gasteiger partial charge is 0.178 e. The highest BCUT2D eigenvalue weighted by Gasteiger charge is 2.19. The molecule has 0 saturated heterocycles. The fourth-order valence-electron chi connectivity index (χ4n) is 0.489. The third kappa shape index (κ3) is 3.82. The molecule has 1 unspecified atom stereocenters. The maximum Gasteiger partial charge on any atom is 0.178 e. The zero-order chi connectivity index (χ0) is 8.20. The lowest BCUT2D eigenvalue weighted by atomic mass is 10.1. The van der Waals surface area contributed by atoms with Crippen molar-refractivity contribution in [1.82, 2.24) is 0 Å². The van der Waals surface area contributed by atoms with E-state index in [0.717, 1.165) is 6.42 Å². The van der Waals surface area contributed by atoms with Crippen molar-refractivity contribution in [1.29, 1.82) is 0 Å². The highest BCUT2D eigenvalue weighted by molar-refractivity contribution is 4.65. The molecule has 0 radical (unpaired) electrons. The molecule has 0 amide bonds. The first-order valence-electron chi connectivity index (χ1n) is 3.48. The van der Waals surface area contributed by atoms with Crippen LogP contribution in [-0.4, -0.2) is 28.7 Å². The van der Waals surface area contributed by atoms with Crippen molar-refractivity contribution in [2.24, 2.45) is 0 Å². The molecule has 2 N–H and O–H groups in total. The number of aliphatic hydroxyl groups is 2. The fraction of sp³-hybridized carbons (Fsp3) is 1.00. The third-order valence-electron chi connectivity index (χ3n) is 1.46. The second-order valence-corrected chi connectivity index (χ2v) is 2.87. The van der Waals surface area contributed by atoms with E-state index >= 15 is 0 Å². The summed E-state index contributed by atoms with van der Waals surface area (Å²) in [7, 11) is 0. The van der Waals surface area contributed by atoms with Crippen LogP contribution in [0.5, 0.6) is 0 Å². The summed E-state index contributed by atoms with van der Waals surface area (Å²) in [6.45, 7) is 5.35. The van der Waals surface area contributed by atoms with Gasteiger partial charge in [0.15, 0.2) is 6.29 Å². The molecule has 62 valence electrons. The lowest BCUT2D eigenvalue weighted by Crippen LogP contribution is -2.31. The fourth-order valence-corrected chi connectivity index (χ4v) is 0.489. The highest BCUT2D eigenvalue weighted by Crippen LogP contribution is 2.14. The maximum absolute atomic E-state index is 8.85. The number of hydrogen-bond acceptors (Lipinski definition) is 3. The minimum Gasteiger partial charge on any atom is -0.391 e. The molecule has 0 aliphatic rings. The van der Waals surface area contributed by atoms with Crippen LogP contribution in [0.2, 0.25) is 0 Å². The first-order chi connectivity index (χ1) is 4.52. The van der Waals surface area contributed by atoms with Gasteiger partial charge in [0.05, 0.1) is 12.2 Å². The molecule has 0 aromatic carbocycles.